The Labute approximate surface area is 112 Å². The standard InChI is InChI=1S/C12H17ClN2OS/c1-2-15(7-4-8-16)10-6-3-5-9(13)11(10)12(14)17/h3,5-6,16H,2,4,7-8H2,1H3,(H2,14,17). The molecule has 3 nitrogen and oxygen atoms in total. The zero-order valence-corrected chi connectivity index (χ0v) is 11.4. The summed E-state index contributed by atoms with van der Waals surface area (Å²) in [5.41, 5.74) is 7.35. The van der Waals surface area contributed by atoms with Crippen molar-refractivity contribution in [3.63, 3.8) is 0 Å². The molecule has 0 unspecified atom stereocenters. The van der Waals surface area contributed by atoms with Crippen LogP contribution in [0, 0.1) is 0 Å². The maximum absolute atomic E-state index is 8.89. The van der Waals surface area contributed by atoms with E-state index in [1.165, 1.54) is 0 Å². The monoisotopic (exact) mass is 272 g/mol. The molecule has 0 saturated heterocycles. The van der Waals surface area contributed by atoms with Gasteiger partial charge in [0.2, 0.25) is 0 Å². The zero-order chi connectivity index (χ0) is 12.8. The van der Waals surface area contributed by atoms with Crippen LogP contribution in [0.1, 0.15) is 18.9 Å². The first-order valence-corrected chi connectivity index (χ1v) is 6.34. The summed E-state index contributed by atoms with van der Waals surface area (Å²) < 4.78 is 0. The van der Waals surface area contributed by atoms with Crippen LogP contribution in [0.5, 0.6) is 0 Å². The molecule has 94 valence electrons. The van der Waals surface area contributed by atoms with Crippen LogP contribution in [-0.2, 0) is 0 Å². The summed E-state index contributed by atoms with van der Waals surface area (Å²) in [6.07, 6.45) is 0.705. The van der Waals surface area contributed by atoms with Crippen molar-refractivity contribution in [1.82, 2.24) is 0 Å². The van der Waals surface area contributed by atoms with Crippen LogP contribution in [0.15, 0.2) is 18.2 Å². The molecule has 0 spiro atoms. The first-order valence-electron chi connectivity index (χ1n) is 5.56. The van der Waals surface area contributed by atoms with Crippen LogP contribution in [0.3, 0.4) is 0 Å². The molecule has 0 aromatic heterocycles. The number of rotatable bonds is 6. The fourth-order valence-electron chi connectivity index (χ4n) is 1.73. The summed E-state index contributed by atoms with van der Waals surface area (Å²) in [5, 5.41) is 9.45. The smallest absolute Gasteiger partial charge is 0.107 e. The average Bonchev–Trinajstić information content (AvgIpc) is 2.29. The Morgan fingerprint density at radius 1 is 1.53 bits per heavy atom. The van der Waals surface area contributed by atoms with Gasteiger partial charge in [-0.2, -0.15) is 0 Å². The number of anilines is 1. The van der Waals surface area contributed by atoms with Gasteiger partial charge < -0.3 is 15.7 Å². The molecule has 0 aliphatic heterocycles. The van der Waals surface area contributed by atoms with E-state index < -0.39 is 0 Å². The SMILES string of the molecule is CCN(CCCO)c1cccc(Cl)c1C(N)=S. The molecule has 1 rings (SSSR count). The van der Waals surface area contributed by atoms with Gasteiger partial charge in [0.1, 0.15) is 4.99 Å². The predicted octanol–water partition coefficient (Wildman–Crippen LogP) is 2.18. The molecule has 0 atom stereocenters. The lowest BCUT2D eigenvalue weighted by atomic mass is 10.1. The van der Waals surface area contributed by atoms with Gasteiger partial charge in [-0.15, -0.1) is 0 Å². The Kier molecular flexibility index (Phi) is 5.68. The van der Waals surface area contributed by atoms with E-state index in [1.807, 2.05) is 19.1 Å². The third kappa shape index (κ3) is 3.56. The molecule has 3 N–H and O–H groups in total. The van der Waals surface area contributed by atoms with Gasteiger partial charge in [0.15, 0.2) is 0 Å². The maximum Gasteiger partial charge on any atom is 0.107 e. The molecule has 5 heteroatoms. The van der Waals surface area contributed by atoms with Crippen molar-refractivity contribution in [3.05, 3.63) is 28.8 Å². The first kappa shape index (κ1) is 14.2. The van der Waals surface area contributed by atoms with Crippen molar-refractivity contribution in [3.8, 4) is 0 Å². The normalized spacial score (nSPS) is 10.3. The molecule has 0 heterocycles. The highest BCUT2D eigenvalue weighted by atomic mass is 35.5. The lowest BCUT2D eigenvalue weighted by Crippen LogP contribution is -2.27. The van der Waals surface area contributed by atoms with E-state index >= 15 is 0 Å². The van der Waals surface area contributed by atoms with Gasteiger partial charge in [0.05, 0.1) is 10.6 Å². The third-order valence-corrected chi connectivity index (χ3v) is 3.07. The number of hydrogen-bond donors (Lipinski definition) is 2. The molecule has 0 bridgehead atoms. The second-order valence-corrected chi connectivity index (χ2v) is 4.50. The molecular weight excluding hydrogens is 256 g/mol. The van der Waals surface area contributed by atoms with Crippen molar-refractivity contribution >= 4 is 34.5 Å². The quantitative estimate of drug-likeness (QED) is 0.780. The predicted molar refractivity (Wildman–Crippen MR) is 76.9 cm³/mol. The molecule has 17 heavy (non-hydrogen) atoms. The van der Waals surface area contributed by atoms with Crippen molar-refractivity contribution in [2.75, 3.05) is 24.6 Å². The number of aliphatic hydroxyl groups is 1. The molecule has 0 radical (unpaired) electrons. The molecule has 1 aromatic carbocycles. The number of nitrogens with two attached hydrogens (primary N) is 1. The Hall–Kier alpha value is -0.840. The number of benzene rings is 1. The van der Waals surface area contributed by atoms with Crippen LogP contribution in [-0.4, -0.2) is 29.8 Å². The van der Waals surface area contributed by atoms with E-state index in [0.29, 0.717) is 22.0 Å². The number of aliphatic hydroxyl groups excluding tert-OH is 1. The topological polar surface area (TPSA) is 49.5 Å². The molecule has 0 fully saturated rings. The number of hydrogen-bond acceptors (Lipinski definition) is 3. The minimum Gasteiger partial charge on any atom is -0.396 e. The van der Waals surface area contributed by atoms with Crippen LogP contribution in [0.2, 0.25) is 5.02 Å². The van der Waals surface area contributed by atoms with E-state index in [0.717, 1.165) is 18.8 Å². The highest BCUT2D eigenvalue weighted by Crippen LogP contribution is 2.27. The Morgan fingerprint density at radius 3 is 2.76 bits per heavy atom. The van der Waals surface area contributed by atoms with E-state index in [1.54, 1.807) is 6.07 Å². The van der Waals surface area contributed by atoms with Gasteiger partial charge >= 0.3 is 0 Å². The van der Waals surface area contributed by atoms with E-state index in [-0.39, 0.29) is 6.61 Å². The summed E-state index contributed by atoms with van der Waals surface area (Å²) in [7, 11) is 0. The van der Waals surface area contributed by atoms with Gasteiger partial charge in [0, 0.05) is 25.4 Å². The van der Waals surface area contributed by atoms with Crippen molar-refractivity contribution < 1.29 is 5.11 Å². The number of thiocarbonyl (C=S) groups is 1. The van der Waals surface area contributed by atoms with Gasteiger partial charge in [-0.25, -0.2) is 0 Å². The highest BCUT2D eigenvalue weighted by molar-refractivity contribution is 7.80. The fourth-order valence-corrected chi connectivity index (χ4v) is 2.27. The molecule has 0 saturated carbocycles. The molecule has 0 aliphatic rings. The fraction of sp³-hybridized carbons (Fsp3) is 0.417. The Bertz CT molecular complexity index is 398. The summed E-state index contributed by atoms with van der Waals surface area (Å²) in [6, 6.07) is 5.60. The maximum atomic E-state index is 8.89. The second kappa shape index (κ2) is 6.79. The second-order valence-electron chi connectivity index (χ2n) is 3.66. The third-order valence-electron chi connectivity index (χ3n) is 2.55. The van der Waals surface area contributed by atoms with Crippen molar-refractivity contribution in [1.29, 1.82) is 0 Å². The minimum absolute atomic E-state index is 0.166. The zero-order valence-electron chi connectivity index (χ0n) is 9.82. The van der Waals surface area contributed by atoms with E-state index in [4.69, 9.17) is 34.7 Å². The Balaban J connectivity index is 3.09. The lowest BCUT2D eigenvalue weighted by Gasteiger charge is -2.25. The van der Waals surface area contributed by atoms with Gasteiger partial charge in [-0.05, 0) is 25.5 Å². The van der Waals surface area contributed by atoms with Crippen LogP contribution in [0.25, 0.3) is 0 Å². The van der Waals surface area contributed by atoms with Crippen LogP contribution in [0.4, 0.5) is 5.69 Å². The molecular formula is C12H17ClN2OS. The average molecular weight is 273 g/mol. The largest absolute Gasteiger partial charge is 0.396 e. The van der Waals surface area contributed by atoms with Crippen LogP contribution < -0.4 is 10.6 Å². The molecule has 1 aromatic rings. The number of nitrogens with zero attached hydrogens (tertiary/aromatic N) is 1. The molecule has 0 amide bonds. The van der Waals surface area contributed by atoms with Gasteiger partial charge in [0.25, 0.3) is 0 Å². The lowest BCUT2D eigenvalue weighted by molar-refractivity contribution is 0.289. The minimum atomic E-state index is 0.166. The molecule has 0 aliphatic carbocycles. The number of halogens is 1. The van der Waals surface area contributed by atoms with Crippen molar-refractivity contribution in [2.45, 2.75) is 13.3 Å². The Morgan fingerprint density at radius 2 is 2.24 bits per heavy atom. The summed E-state index contributed by atoms with van der Waals surface area (Å²) in [6.45, 7) is 3.78. The van der Waals surface area contributed by atoms with Crippen LogP contribution >= 0.6 is 23.8 Å². The summed E-state index contributed by atoms with van der Waals surface area (Å²) in [4.78, 5) is 2.41. The van der Waals surface area contributed by atoms with Crippen molar-refractivity contribution in [2.24, 2.45) is 5.73 Å². The first-order chi connectivity index (χ1) is 8.11. The summed E-state index contributed by atoms with van der Waals surface area (Å²) in [5.74, 6) is 0. The van der Waals surface area contributed by atoms with E-state index in [9.17, 15) is 0 Å². The van der Waals surface area contributed by atoms with Gasteiger partial charge in [-0.3, -0.25) is 0 Å². The summed E-state index contributed by atoms with van der Waals surface area (Å²) >= 11 is 11.1. The van der Waals surface area contributed by atoms with Gasteiger partial charge in [-0.1, -0.05) is 29.9 Å². The van der Waals surface area contributed by atoms with E-state index in [2.05, 4.69) is 4.90 Å². The highest BCUT2D eigenvalue weighted by Gasteiger charge is 2.14.